The van der Waals surface area contributed by atoms with E-state index in [9.17, 15) is 4.39 Å². The molecular weight excluding hydrogens is 351 g/mol. The van der Waals surface area contributed by atoms with Crippen molar-refractivity contribution in [3.8, 4) is 5.75 Å². The smallest absolute Gasteiger partial charge is 0.129 e. The van der Waals surface area contributed by atoms with Crippen LogP contribution in [0.4, 0.5) is 15.8 Å². The van der Waals surface area contributed by atoms with E-state index in [0.717, 1.165) is 30.0 Å². The number of hydrogen-bond acceptors (Lipinski definition) is 3. The molecule has 0 atom stereocenters. The Hall–Kier alpha value is -2.62. The van der Waals surface area contributed by atoms with Crippen molar-refractivity contribution in [2.75, 3.05) is 18.6 Å². The third-order valence-electron chi connectivity index (χ3n) is 5.27. The number of allylic oxidation sites excluding steroid dienone is 1. The number of benzene rings is 2. The molecule has 0 aliphatic carbocycles. The summed E-state index contributed by atoms with van der Waals surface area (Å²) in [6.45, 7) is 11.6. The number of nitrogens with zero attached hydrogens (tertiary/aromatic N) is 2. The van der Waals surface area contributed by atoms with Gasteiger partial charge in [-0.3, -0.25) is 4.99 Å². The molecule has 1 aliphatic heterocycles. The highest BCUT2D eigenvalue weighted by atomic mass is 19.1. The predicted molar refractivity (Wildman–Crippen MR) is 117 cm³/mol. The first-order valence-corrected chi connectivity index (χ1v) is 9.76. The zero-order valence-corrected chi connectivity index (χ0v) is 17.6. The van der Waals surface area contributed by atoms with Crippen molar-refractivity contribution in [2.45, 2.75) is 46.6 Å². The zero-order chi connectivity index (χ0) is 20.5. The fourth-order valence-electron chi connectivity index (χ4n) is 3.88. The number of aryl methyl sites for hydroxylation is 1. The van der Waals surface area contributed by atoms with Crippen LogP contribution in [0.1, 0.15) is 50.8 Å². The van der Waals surface area contributed by atoms with Crippen LogP contribution in [0.2, 0.25) is 0 Å². The Morgan fingerprint density at radius 3 is 2.57 bits per heavy atom. The molecule has 1 heterocycles. The third-order valence-corrected chi connectivity index (χ3v) is 5.27. The molecule has 28 heavy (non-hydrogen) atoms. The number of hydrogen-bond donors (Lipinski definition) is 0. The average molecular weight is 381 g/mol. The van der Waals surface area contributed by atoms with E-state index in [1.807, 2.05) is 0 Å². The number of rotatable bonds is 5. The minimum Gasteiger partial charge on any atom is -0.496 e. The number of ether oxygens (including phenoxy) is 1. The van der Waals surface area contributed by atoms with E-state index in [1.54, 1.807) is 32.4 Å². The van der Waals surface area contributed by atoms with Crippen molar-refractivity contribution in [2.24, 2.45) is 4.99 Å². The number of fused-ring (bicyclic) bond motifs is 1. The summed E-state index contributed by atoms with van der Waals surface area (Å²) in [7, 11) is 1.68. The minimum absolute atomic E-state index is 0.0423. The summed E-state index contributed by atoms with van der Waals surface area (Å²) in [4.78, 5) is 6.97. The van der Waals surface area contributed by atoms with E-state index >= 15 is 0 Å². The van der Waals surface area contributed by atoms with E-state index in [-0.39, 0.29) is 11.4 Å². The molecule has 0 fully saturated rings. The van der Waals surface area contributed by atoms with Gasteiger partial charge in [0.15, 0.2) is 0 Å². The van der Waals surface area contributed by atoms with Crippen LogP contribution in [0, 0.1) is 12.7 Å². The Bertz CT molecular complexity index is 944. The molecule has 2 aromatic carbocycles. The second-order valence-electron chi connectivity index (χ2n) is 7.94. The van der Waals surface area contributed by atoms with Gasteiger partial charge in [0.05, 0.1) is 18.3 Å². The fraction of sp³-hybridized carbons (Fsp3) is 0.375. The molecule has 0 spiro atoms. The molecule has 0 saturated carbocycles. The Morgan fingerprint density at radius 1 is 1.18 bits per heavy atom. The fourth-order valence-corrected chi connectivity index (χ4v) is 3.88. The van der Waals surface area contributed by atoms with Gasteiger partial charge in [-0.05, 0) is 69.5 Å². The largest absolute Gasteiger partial charge is 0.496 e. The average Bonchev–Trinajstić information content (AvgIpc) is 2.65. The predicted octanol–water partition coefficient (Wildman–Crippen LogP) is 6.31. The van der Waals surface area contributed by atoms with Crippen LogP contribution in [0.25, 0.3) is 5.57 Å². The van der Waals surface area contributed by atoms with Crippen molar-refractivity contribution in [1.82, 2.24) is 0 Å². The molecule has 0 bridgehead atoms. The SMILES string of the molecule is CCCN1c2cc(OC)c(C=Nc3ccc(F)c(C)c3)cc2C(C)=CC1(C)C. The minimum atomic E-state index is -0.218. The lowest BCUT2D eigenvalue weighted by Crippen LogP contribution is -2.45. The first kappa shape index (κ1) is 20.1. The highest BCUT2D eigenvalue weighted by molar-refractivity contribution is 5.92. The summed E-state index contributed by atoms with van der Waals surface area (Å²) in [5, 5.41) is 0. The van der Waals surface area contributed by atoms with Crippen LogP contribution in [0.3, 0.4) is 0 Å². The van der Waals surface area contributed by atoms with E-state index in [0.29, 0.717) is 5.56 Å². The number of halogens is 1. The first-order valence-electron chi connectivity index (χ1n) is 9.76. The topological polar surface area (TPSA) is 24.8 Å². The van der Waals surface area contributed by atoms with Gasteiger partial charge in [0, 0.05) is 35.6 Å². The molecule has 0 saturated heterocycles. The molecule has 0 radical (unpaired) electrons. The van der Waals surface area contributed by atoms with Crippen molar-refractivity contribution in [3.63, 3.8) is 0 Å². The van der Waals surface area contributed by atoms with Crippen LogP contribution < -0.4 is 9.64 Å². The van der Waals surface area contributed by atoms with Gasteiger partial charge in [0.1, 0.15) is 11.6 Å². The molecule has 3 nitrogen and oxygen atoms in total. The highest BCUT2D eigenvalue weighted by Crippen LogP contribution is 2.42. The quantitative estimate of drug-likeness (QED) is 0.568. The molecule has 0 unspecified atom stereocenters. The maximum Gasteiger partial charge on any atom is 0.129 e. The third kappa shape index (κ3) is 3.82. The lowest BCUT2D eigenvalue weighted by atomic mass is 9.87. The summed E-state index contributed by atoms with van der Waals surface area (Å²) in [5.41, 5.74) is 5.82. The van der Waals surface area contributed by atoms with Crippen LogP contribution in [-0.2, 0) is 0 Å². The molecular formula is C24H29FN2O. The summed E-state index contributed by atoms with van der Waals surface area (Å²) in [6, 6.07) is 9.12. The Morgan fingerprint density at radius 2 is 1.93 bits per heavy atom. The molecule has 0 amide bonds. The molecule has 4 heteroatoms. The number of aliphatic imine (C=N–C) groups is 1. The van der Waals surface area contributed by atoms with E-state index in [4.69, 9.17) is 4.74 Å². The van der Waals surface area contributed by atoms with Gasteiger partial charge >= 0.3 is 0 Å². The van der Waals surface area contributed by atoms with Crippen LogP contribution in [0.15, 0.2) is 41.4 Å². The maximum absolute atomic E-state index is 13.5. The first-order chi connectivity index (χ1) is 13.3. The van der Waals surface area contributed by atoms with Gasteiger partial charge in [-0.2, -0.15) is 0 Å². The van der Waals surface area contributed by atoms with Crippen molar-refractivity contribution in [1.29, 1.82) is 0 Å². The number of methoxy groups -OCH3 is 1. The van der Waals surface area contributed by atoms with Gasteiger partial charge in [-0.1, -0.05) is 13.0 Å². The molecule has 148 valence electrons. The van der Waals surface area contributed by atoms with Gasteiger partial charge in [-0.15, -0.1) is 0 Å². The Labute approximate surface area is 167 Å². The lowest BCUT2D eigenvalue weighted by molar-refractivity contribution is 0.413. The summed E-state index contributed by atoms with van der Waals surface area (Å²) in [5.74, 6) is 0.567. The molecule has 0 N–H and O–H groups in total. The number of anilines is 1. The highest BCUT2D eigenvalue weighted by Gasteiger charge is 2.31. The Balaban J connectivity index is 2.06. The molecule has 1 aliphatic rings. The van der Waals surface area contributed by atoms with Crippen LogP contribution >= 0.6 is 0 Å². The standard InChI is InChI=1S/C24H29FN2O/c1-7-10-27-22-13-23(28-6)18(12-20(22)17(3)14-24(27,4)5)15-26-19-8-9-21(25)16(2)11-19/h8-9,11-15H,7,10H2,1-6H3. The molecule has 0 aromatic heterocycles. The van der Waals surface area contributed by atoms with Gasteiger partial charge < -0.3 is 9.64 Å². The van der Waals surface area contributed by atoms with Crippen molar-refractivity contribution in [3.05, 3.63) is 58.9 Å². The zero-order valence-electron chi connectivity index (χ0n) is 17.6. The second-order valence-corrected chi connectivity index (χ2v) is 7.94. The normalized spacial score (nSPS) is 15.5. The summed E-state index contributed by atoms with van der Waals surface area (Å²) in [6.07, 6.45) is 5.19. The second kappa shape index (κ2) is 7.78. The maximum atomic E-state index is 13.5. The van der Waals surface area contributed by atoms with Gasteiger partial charge in [-0.25, -0.2) is 4.39 Å². The van der Waals surface area contributed by atoms with Crippen LogP contribution in [-0.4, -0.2) is 25.4 Å². The Kier molecular flexibility index (Phi) is 5.59. The van der Waals surface area contributed by atoms with Gasteiger partial charge in [0.2, 0.25) is 0 Å². The van der Waals surface area contributed by atoms with Crippen molar-refractivity contribution < 1.29 is 9.13 Å². The van der Waals surface area contributed by atoms with Crippen molar-refractivity contribution >= 4 is 23.2 Å². The lowest BCUT2D eigenvalue weighted by Gasteiger charge is -2.43. The summed E-state index contributed by atoms with van der Waals surface area (Å²) < 4.78 is 19.2. The van der Waals surface area contributed by atoms with Crippen LogP contribution in [0.5, 0.6) is 5.75 Å². The summed E-state index contributed by atoms with van der Waals surface area (Å²) >= 11 is 0. The monoisotopic (exact) mass is 380 g/mol. The van der Waals surface area contributed by atoms with E-state index in [1.165, 1.54) is 22.9 Å². The van der Waals surface area contributed by atoms with E-state index < -0.39 is 0 Å². The molecule has 2 aromatic rings. The molecule has 3 rings (SSSR count). The van der Waals surface area contributed by atoms with Gasteiger partial charge in [0.25, 0.3) is 0 Å². The van der Waals surface area contributed by atoms with E-state index in [2.05, 4.69) is 55.8 Å².